The Morgan fingerprint density at radius 3 is 2.46 bits per heavy atom. The number of nitrogens with one attached hydrogen (secondary N) is 1. The summed E-state index contributed by atoms with van der Waals surface area (Å²) in [5.74, 6) is -1.12. The van der Waals surface area contributed by atoms with Gasteiger partial charge in [0.15, 0.2) is 0 Å². The number of carboxylic acids is 1. The Labute approximate surface area is 77.2 Å². The average Bonchev–Trinajstić information content (AvgIpc) is 2.81. The molecule has 1 saturated carbocycles. The Kier molecular flexibility index (Phi) is 2.92. The zero-order chi connectivity index (χ0) is 10.1. The van der Waals surface area contributed by atoms with Crippen molar-refractivity contribution >= 4 is 16.0 Å². The maximum absolute atomic E-state index is 11.3. The number of carbonyl (C=O) groups is 1. The lowest BCUT2D eigenvalue weighted by Gasteiger charge is -2.11. The molecule has 0 bridgehead atoms. The second-order valence-electron chi connectivity index (χ2n) is 3.16. The number of hydrogen-bond donors (Lipinski definition) is 2. The topological polar surface area (TPSA) is 83.5 Å². The molecule has 0 radical (unpaired) electrons. The van der Waals surface area contributed by atoms with Crippen LogP contribution in [-0.2, 0) is 14.8 Å². The first-order valence-corrected chi connectivity index (χ1v) is 5.76. The van der Waals surface area contributed by atoms with Gasteiger partial charge in [0.05, 0.1) is 5.25 Å². The van der Waals surface area contributed by atoms with E-state index in [9.17, 15) is 13.2 Å². The molecular formula is C7H13NO4S. The highest BCUT2D eigenvalue weighted by atomic mass is 32.2. The third-order valence-corrected chi connectivity index (χ3v) is 3.94. The molecule has 5 nitrogen and oxygen atoms in total. The summed E-state index contributed by atoms with van der Waals surface area (Å²) in [5.41, 5.74) is 0. The van der Waals surface area contributed by atoms with Crippen molar-refractivity contribution in [1.29, 1.82) is 0 Å². The summed E-state index contributed by atoms with van der Waals surface area (Å²) in [4.78, 5) is 10.5. The van der Waals surface area contributed by atoms with Crippen molar-refractivity contribution in [1.82, 2.24) is 4.72 Å². The minimum absolute atomic E-state index is 0.265. The van der Waals surface area contributed by atoms with Crippen molar-refractivity contribution in [2.75, 3.05) is 0 Å². The van der Waals surface area contributed by atoms with E-state index in [-0.39, 0.29) is 11.7 Å². The highest BCUT2D eigenvalue weighted by Crippen LogP contribution is 2.27. The van der Waals surface area contributed by atoms with Crippen LogP contribution >= 0.6 is 0 Å². The van der Waals surface area contributed by atoms with Gasteiger partial charge in [0.2, 0.25) is 10.0 Å². The number of aliphatic carboxylic acids is 1. The Bertz CT molecular complexity index is 294. The van der Waals surface area contributed by atoms with Gasteiger partial charge in [-0.05, 0) is 19.3 Å². The van der Waals surface area contributed by atoms with E-state index < -0.39 is 22.0 Å². The predicted molar refractivity (Wildman–Crippen MR) is 46.8 cm³/mol. The normalized spacial score (nSPS) is 19.8. The molecule has 0 aromatic rings. The van der Waals surface area contributed by atoms with Crippen molar-refractivity contribution in [3.05, 3.63) is 0 Å². The molecule has 13 heavy (non-hydrogen) atoms. The van der Waals surface area contributed by atoms with Crippen LogP contribution in [0.15, 0.2) is 0 Å². The van der Waals surface area contributed by atoms with E-state index in [1.807, 2.05) is 0 Å². The Morgan fingerprint density at radius 2 is 2.15 bits per heavy atom. The lowest BCUT2D eigenvalue weighted by molar-refractivity contribution is -0.139. The zero-order valence-electron chi connectivity index (χ0n) is 7.36. The van der Waals surface area contributed by atoms with Crippen LogP contribution in [0.4, 0.5) is 0 Å². The average molecular weight is 207 g/mol. The Hall–Kier alpha value is -0.620. The lowest BCUT2D eigenvalue weighted by Crippen LogP contribution is -2.41. The van der Waals surface area contributed by atoms with Gasteiger partial charge < -0.3 is 5.11 Å². The van der Waals surface area contributed by atoms with E-state index in [0.29, 0.717) is 12.8 Å². The van der Waals surface area contributed by atoms with Crippen molar-refractivity contribution in [2.24, 2.45) is 0 Å². The first kappa shape index (κ1) is 10.5. The zero-order valence-corrected chi connectivity index (χ0v) is 8.17. The van der Waals surface area contributed by atoms with Crippen molar-refractivity contribution in [3.63, 3.8) is 0 Å². The number of sulfonamides is 1. The largest absolute Gasteiger partial charge is 0.480 e. The van der Waals surface area contributed by atoms with Crippen LogP contribution in [0.1, 0.15) is 26.2 Å². The van der Waals surface area contributed by atoms with Gasteiger partial charge in [0, 0.05) is 0 Å². The predicted octanol–water partition coefficient (Wildman–Crippen LogP) is -0.0686. The molecule has 0 aromatic heterocycles. The van der Waals surface area contributed by atoms with Gasteiger partial charge in [-0.25, -0.2) is 13.1 Å². The number of hydrogen-bond acceptors (Lipinski definition) is 3. The van der Waals surface area contributed by atoms with Crippen molar-refractivity contribution in [3.8, 4) is 0 Å². The molecule has 2 N–H and O–H groups in total. The molecule has 0 spiro atoms. The summed E-state index contributed by atoms with van der Waals surface area (Å²) in [6.45, 7) is 1.63. The van der Waals surface area contributed by atoms with Gasteiger partial charge in [0.25, 0.3) is 0 Å². The van der Waals surface area contributed by atoms with Crippen molar-refractivity contribution in [2.45, 2.75) is 37.5 Å². The van der Waals surface area contributed by atoms with Gasteiger partial charge in [-0.2, -0.15) is 0 Å². The van der Waals surface area contributed by atoms with Gasteiger partial charge in [-0.15, -0.1) is 0 Å². The first-order chi connectivity index (χ1) is 5.97. The molecule has 1 atom stereocenters. The van der Waals surface area contributed by atoms with E-state index in [4.69, 9.17) is 5.11 Å². The van der Waals surface area contributed by atoms with Gasteiger partial charge >= 0.3 is 5.97 Å². The molecule has 0 aliphatic heterocycles. The molecule has 0 heterocycles. The van der Waals surface area contributed by atoms with Crippen LogP contribution in [0.2, 0.25) is 0 Å². The molecule has 0 aromatic carbocycles. The van der Waals surface area contributed by atoms with Crippen LogP contribution in [0.25, 0.3) is 0 Å². The SMILES string of the molecule is CC[C@@H](NS(=O)(=O)C1CC1)C(=O)O. The smallest absolute Gasteiger partial charge is 0.321 e. The third kappa shape index (κ3) is 2.67. The van der Waals surface area contributed by atoms with Crippen LogP contribution in [0.5, 0.6) is 0 Å². The number of rotatable bonds is 5. The number of carboxylic acid groups (broad SMARTS) is 1. The fourth-order valence-corrected chi connectivity index (χ4v) is 2.59. The van der Waals surface area contributed by atoms with E-state index in [0.717, 1.165) is 0 Å². The molecule has 6 heteroatoms. The fraction of sp³-hybridized carbons (Fsp3) is 0.857. The van der Waals surface area contributed by atoms with Gasteiger partial charge in [0.1, 0.15) is 6.04 Å². The molecule has 1 fully saturated rings. The monoisotopic (exact) mass is 207 g/mol. The quantitative estimate of drug-likeness (QED) is 0.661. The van der Waals surface area contributed by atoms with Gasteiger partial charge in [-0.3, -0.25) is 4.79 Å². The maximum atomic E-state index is 11.3. The minimum atomic E-state index is -3.37. The highest BCUT2D eigenvalue weighted by molar-refractivity contribution is 7.90. The minimum Gasteiger partial charge on any atom is -0.480 e. The lowest BCUT2D eigenvalue weighted by atomic mass is 10.2. The van der Waals surface area contributed by atoms with E-state index >= 15 is 0 Å². The molecular weight excluding hydrogens is 194 g/mol. The second-order valence-corrected chi connectivity index (χ2v) is 5.15. The van der Waals surface area contributed by atoms with E-state index in [1.54, 1.807) is 6.92 Å². The molecule has 0 amide bonds. The molecule has 0 saturated heterocycles. The second kappa shape index (κ2) is 3.63. The van der Waals surface area contributed by atoms with Gasteiger partial charge in [-0.1, -0.05) is 6.92 Å². The van der Waals surface area contributed by atoms with Crippen LogP contribution < -0.4 is 4.72 Å². The molecule has 0 unspecified atom stereocenters. The van der Waals surface area contributed by atoms with E-state index in [2.05, 4.69) is 4.72 Å². The fourth-order valence-electron chi connectivity index (χ4n) is 0.981. The summed E-state index contributed by atoms with van der Waals surface area (Å²) >= 11 is 0. The summed E-state index contributed by atoms with van der Waals surface area (Å²) in [6.07, 6.45) is 1.55. The first-order valence-electron chi connectivity index (χ1n) is 4.21. The van der Waals surface area contributed by atoms with Crippen molar-refractivity contribution < 1.29 is 18.3 Å². The summed E-state index contributed by atoms with van der Waals surface area (Å²) in [7, 11) is -3.37. The maximum Gasteiger partial charge on any atom is 0.321 e. The van der Waals surface area contributed by atoms with E-state index in [1.165, 1.54) is 0 Å². The standard InChI is InChI=1S/C7H13NO4S/c1-2-6(7(9)10)8-13(11,12)5-3-4-5/h5-6,8H,2-4H2,1H3,(H,9,10)/t6-/m1/s1. The van der Waals surface area contributed by atoms with Crippen LogP contribution in [0.3, 0.4) is 0 Å². The summed E-state index contributed by atoms with van der Waals surface area (Å²) < 4.78 is 24.8. The highest BCUT2D eigenvalue weighted by Gasteiger charge is 2.37. The molecule has 76 valence electrons. The molecule has 1 aliphatic rings. The molecule has 1 rings (SSSR count). The summed E-state index contributed by atoms with van der Waals surface area (Å²) in [6, 6.07) is -0.981. The molecule has 1 aliphatic carbocycles. The van der Waals surface area contributed by atoms with Crippen LogP contribution in [0, 0.1) is 0 Å². The Morgan fingerprint density at radius 1 is 1.62 bits per heavy atom. The third-order valence-electron chi connectivity index (χ3n) is 1.98. The summed E-state index contributed by atoms with van der Waals surface area (Å²) in [5, 5.41) is 8.25. The Balaban J connectivity index is 2.59. The van der Waals surface area contributed by atoms with Crippen LogP contribution in [-0.4, -0.2) is 30.8 Å².